The van der Waals surface area contributed by atoms with Crippen LogP contribution in [-0.4, -0.2) is 39.8 Å². The van der Waals surface area contributed by atoms with Crippen molar-refractivity contribution in [3.8, 4) is 16.9 Å². The van der Waals surface area contributed by atoms with Crippen LogP contribution in [0.15, 0.2) is 102 Å². The van der Waals surface area contributed by atoms with Gasteiger partial charge in [-0.25, -0.2) is 17.6 Å². The summed E-state index contributed by atoms with van der Waals surface area (Å²) in [6.07, 6.45) is 1.36. The van der Waals surface area contributed by atoms with E-state index >= 15 is 0 Å². The van der Waals surface area contributed by atoms with Crippen molar-refractivity contribution >= 4 is 33.2 Å². The number of urea groups is 1. The number of methoxy groups -OCH3 is 1. The van der Waals surface area contributed by atoms with Crippen molar-refractivity contribution < 1.29 is 27.1 Å². The summed E-state index contributed by atoms with van der Waals surface area (Å²) in [5.74, 6) is -1.07. The van der Waals surface area contributed by atoms with E-state index in [-0.39, 0.29) is 22.8 Å². The first-order valence-electron chi connectivity index (χ1n) is 12.3. The van der Waals surface area contributed by atoms with Crippen LogP contribution in [0.3, 0.4) is 0 Å². The van der Waals surface area contributed by atoms with Crippen LogP contribution in [0.4, 0.5) is 20.6 Å². The number of anilines is 2. The van der Waals surface area contributed by atoms with Crippen LogP contribution in [-0.2, 0) is 21.1 Å². The molecule has 1 atom stereocenters. The summed E-state index contributed by atoms with van der Waals surface area (Å²) in [6.45, 7) is 0. The third-order valence-corrected chi connectivity index (χ3v) is 7.22. The van der Waals surface area contributed by atoms with Crippen LogP contribution in [0.1, 0.15) is 5.56 Å². The topological polar surface area (TPSA) is 114 Å². The Morgan fingerprint density at radius 3 is 2.15 bits per heavy atom. The number of sulfone groups is 1. The summed E-state index contributed by atoms with van der Waals surface area (Å²) < 4.78 is 43.3. The largest absolute Gasteiger partial charge is 0.494 e. The number of carbonyl (C=O) groups is 2. The number of rotatable bonds is 9. The highest BCUT2D eigenvalue weighted by molar-refractivity contribution is 7.90. The summed E-state index contributed by atoms with van der Waals surface area (Å²) in [4.78, 5) is 26.2. The number of carbonyl (C=O) groups excluding carboxylic acids is 2. The number of ether oxygens (including phenoxy) is 1. The van der Waals surface area contributed by atoms with Gasteiger partial charge in [0.2, 0.25) is 5.91 Å². The van der Waals surface area contributed by atoms with Crippen LogP contribution in [0.2, 0.25) is 0 Å². The van der Waals surface area contributed by atoms with Crippen molar-refractivity contribution in [2.75, 3.05) is 24.0 Å². The van der Waals surface area contributed by atoms with Crippen molar-refractivity contribution in [3.63, 3.8) is 0 Å². The van der Waals surface area contributed by atoms with Crippen molar-refractivity contribution in [1.82, 2.24) is 5.32 Å². The molecule has 0 radical (unpaired) electrons. The summed E-state index contributed by atoms with van der Waals surface area (Å²) in [5, 5.41) is 8.00. The lowest BCUT2D eigenvalue weighted by Gasteiger charge is -2.19. The van der Waals surface area contributed by atoms with Crippen molar-refractivity contribution in [1.29, 1.82) is 0 Å². The van der Waals surface area contributed by atoms with Crippen LogP contribution >= 0.6 is 0 Å². The molecule has 4 aromatic rings. The van der Waals surface area contributed by atoms with Crippen molar-refractivity contribution in [3.05, 3.63) is 108 Å². The normalized spacial score (nSPS) is 11.8. The molecular weight excluding hydrogens is 533 g/mol. The Hall–Kier alpha value is -4.70. The molecule has 0 fully saturated rings. The fourth-order valence-corrected chi connectivity index (χ4v) is 5.03. The Labute approximate surface area is 232 Å². The molecule has 0 saturated heterocycles. The number of hydrogen-bond acceptors (Lipinski definition) is 5. The fraction of sp³-hybridized carbons (Fsp3) is 0.133. The zero-order valence-electron chi connectivity index (χ0n) is 21.8. The van der Waals surface area contributed by atoms with E-state index in [2.05, 4.69) is 16.0 Å². The van der Waals surface area contributed by atoms with Crippen LogP contribution in [0, 0.1) is 5.82 Å². The van der Waals surface area contributed by atoms with Gasteiger partial charge < -0.3 is 20.7 Å². The Morgan fingerprint density at radius 1 is 0.850 bits per heavy atom. The molecule has 4 rings (SSSR count). The van der Waals surface area contributed by atoms with Gasteiger partial charge in [0, 0.05) is 35.7 Å². The average Bonchev–Trinajstić information content (AvgIpc) is 2.93. The molecule has 3 amide bonds. The minimum Gasteiger partial charge on any atom is -0.494 e. The third-order valence-electron chi connectivity index (χ3n) is 6.06. The molecule has 0 heterocycles. The predicted molar refractivity (Wildman–Crippen MR) is 153 cm³/mol. The Bertz CT molecular complexity index is 1610. The lowest BCUT2D eigenvalue weighted by molar-refractivity contribution is -0.117. The molecule has 0 aliphatic heterocycles. The Kier molecular flexibility index (Phi) is 8.80. The first-order valence-corrected chi connectivity index (χ1v) is 14.2. The van der Waals surface area contributed by atoms with Gasteiger partial charge in [-0.2, -0.15) is 0 Å². The molecule has 8 nitrogen and oxygen atoms in total. The quantitative estimate of drug-likeness (QED) is 0.258. The van der Waals surface area contributed by atoms with Gasteiger partial charge >= 0.3 is 6.03 Å². The highest BCUT2D eigenvalue weighted by Gasteiger charge is 2.22. The summed E-state index contributed by atoms with van der Waals surface area (Å²) >= 11 is 0. The first kappa shape index (κ1) is 28.3. The van der Waals surface area contributed by atoms with Crippen molar-refractivity contribution in [2.24, 2.45) is 0 Å². The first-order chi connectivity index (χ1) is 19.1. The number of halogens is 1. The standard InChI is InChI=1S/C30H28FN3O5S/c1-39-27-17-16-23(19-25(27)31)33-30(36)34-26(18-20-8-4-3-5-9-20)29(35)32-22-14-12-21(13-15-22)24-10-6-7-11-28(24)40(2,37)38/h3-17,19,26H,18H2,1-2H3,(H,32,35)(H2,33,34,36)/t26-/m1/s1. The molecule has 3 N–H and O–H groups in total. The van der Waals surface area contributed by atoms with Crippen LogP contribution in [0.5, 0.6) is 5.75 Å². The van der Waals surface area contributed by atoms with Crippen LogP contribution in [0.25, 0.3) is 11.1 Å². The van der Waals surface area contributed by atoms with Gasteiger partial charge in [0.05, 0.1) is 12.0 Å². The predicted octanol–water partition coefficient (Wildman–Crippen LogP) is 5.28. The van der Waals surface area contributed by atoms with E-state index in [9.17, 15) is 22.4 Å². The lowest BCUT2D eigenvalue weighted by atomic mass is 10.0. The average molecular weight is 562 g/mol. The van der Waals surface area contributed by atoms with Gasteiger partial charge in [-0.3, -0.25) is 4.79 Å². The maximum Gasteiger partial charge on any atom is 0.319 e. The summed E-state index contributed by atoms with van der Waals surface area (Å²) in [5.41, 5.74) is 2.70. The van der Waals surface area contributed by atoms with Gasteiger partial charge in [0.1, 0.15) is 6.04 Å². The minimum atomic E-state index is -3.43. The van der Waals surface area contributed by atoms with Gasteiger partial charge in [0.25, 0.3) is 0 Å². The molecule has 206 valence electrons. The second kappa shape index (κ2) is 12.4. The van der Waals surface area contributed by atoms with Gasteiger partial charge in [0.15, 0.2) is 21.4 Å². The van der Waals surface area contributed by atoms with Gasteiger partial charge in [-0.05, 0) is 41.5 Å². The Balaban J connectivity index is 1.50. The van der Waals surface area contributed by atoms with Gasteiger partial charge in [-0.15, -0.1) is 0 Å². The highest BCUT2D eigenvalue weighted by Crippen LogP contribution is 2.28. The van der Waals surface area contributed by atoms with Crippen LogP contribution < -0.4 is 20.7 Å². The third kappa shape index (κ3) is 7.23. The molecule has 0 aromatic heterocycles. The number of benzene rings is 4. The molecule has 40 heavy (non-hydrogen) atoms. The van der Waals surface area contributed by atoms with Crippen molar-refractivity contribution in [2.45, 2.75) is 17.4 Å². The van der Waals surface area contributed by atoms with E-state index in [0.29, 0.717) is 16.8 Å². The number of hydrogen-bond donors (Lipinski definition) is 3. The highest BCUT2D eigenvalue weighted by atomic mass is 32.2. The second-order valence-corrected chi connectivity index (χ2v) is 11.0. The monoisotopic (exact) mass is 561 g/mol. The molecule has 0 spiro atoms. The second-order valence-electron chi connectivity index (χ2n) is 9.03. The number of nitrogens with one attached hydrogen (secondary N) is 3. The molecule has 0 unspecified atom stereocenters. The van der Waals surface area contributed by atoms with E-state index in [4.69, 9.17) is 4.74 Å². The van der Waals surface area contributed by atoms with E-state index in [0.717, 1.165) is 17.9 Å². The molecule has 0 bridgehead atoms. The van der Waals surface area contributed by atoms with E-state index in [1.165, 1.54) is 19.2 Å². The summed E-state index contributed by atoms with van der Waals surface area (Å²) in [6, 6.07) is 25.0. The molecule has 0 aliphatic rings. The van der Waals surface area contributed by atoms with E-state index in [1.54, 1.807) is 48.5 Å². The minimum absolute atomic E-state index is 0.0399. The van der Waals surface area contributed by atoms with E-state index < -0.39 is 33.6 Å². The molecule has 4 aromatic carbocycles. The molecule has 0 aliphatic carbocycles. The number of amides is 3. The molecule has 10 heteroatoms. The maximum atomic E-state index is 14.0. The smallest absolute Gasteiger partial charge is 0.319 e. The SMILES string of the molecule is COc1ccc(NC(=O)N[C@H](Cc2ccccc2)C(=O)Nc2ccc(-c3ccccc3S(C)(=O)=O)cc2)cc1F. The fourth-order valence-electron chi connectivity index (χ4n) is 4.12. The zero-order valence-corrected chi connectivity index (χ0v) is 22.7. The lowest BCUT2D eigenvalue weighted by Crippen LogP contribution is -2.46. The Morgan fingerprint density at radius 2 is 1.50 bits per heavy atom. The van der Waals surface area contributed by atoms with Gasteiger partial charge in [-0.1, -0.05) is 60.7 Å². The maximum absolute atomic E-state index is 14.0. The zero-order chi connectivity index (χ0) is 28.7. The summed E-state index contributed by atoms with van der Waals surface area (Å²) in [7, 11) is -2.09. The molecular formula is C30H28FN3O5S. The molecule has 0 saturated carbocycles. The van der Waals surface area contributed by atoms with E-state index in [1.807, 2.05) is 30.3 Å².